The van der Waals surface area contributed by atoms with Crippen molar-refractivity contribution in [3.8, 4) is 5.82 Å². The molecule has 0 atom stereocenters. The molecule has 2 aromatic rings. The second-order valence-electron chi connectivity index (χ2n) is 3.56. The van der Waals surface area contributed by atoms with Crippen LogP contribution < -0.4 is 5.73 Å². The molecule has 18 heavy (non-hydrogen) atoms. The number of nitrogens with two attached hydrogens (primary N) is 1. The molecule has 0 aliphatic rings. The Labute approximate surface area is 100 Å². The highest BCUT2D eigenvalue weighted by atomic mass is 19.4. The first kappa shape index (κ1) is 12.3. The highest BCUT2D eigenvalue weighted by Gasteiger charge is 2.33. The maximum absolute atomic E-state index is 12.4. The number of rotatable bonds is 2. The van der Waals surface area contributed by atoms with Gasteiger partial charge in [0.2, 0.25) is 0 Å². The van der Waals surface area contributed by atoms with Crippen LogP contribution in [0.3, 0.4) is 0 Å². The molecule has 0 radical (unpaired) electrons. The standard InChI is InChI=1S/C10H10F3N5/c1-2-8-15-7(14)5-9(16-8)18-4-3-6(17-18)10(11,12)13/h3-5H,2H2,1H3,(H2,14,15,16). The van der Waals surface area contributed by atoms with Crippen molar-refractivity contribution in [2.75, 3.05) is 5.73 Å². The van der Waals surface area contributed by atoms with Crippen molar-refractivity contribution < 1.29 is 13.2 Å². The molecule has 0 saturated carbocycles. The smallest absolute Gasteiger partial charge is 0.384 e. The summed E-state index contributed by atoms with van der Waals surface area (Å²) in [7, 11) is 0. The zero-order valence-electron chi connectivity index (χ0n) is 9.44. The molecule has 2 heterocycles. The van der Waals surface area contributed by atoms with Gasteiger partial charge in [-0.3, -0.25) is 0 Å². The molecule has 8 heteroatoms. The second kappa shape index (κ2) is 4.28. The van der Waals surface area contributed by atoms with Gasteiger partial charge < -0.3 is 5.73 Å². The Balaban J connectivity index is 2.43. The summed E-state index contributed by atoms with van der Waals surface area (Å²) >= 11 is 0. The third-order valence-corrected chi connectivity index (χ3v) is 2.21. The zero-order chi connectivity index (χ0) is 13.3. The van der Waals surface area contributed by atoms with Gasteiger partial charge in [0.05, 0.1) is 0 Å². The quantitative estimate of drug-likeness (QED) is 0.891. The fourth-order valence-electron chi connectivity index (χ4n) is 1.38. The van der Waals surface area contributed by atoms with Crippen molar-refractivity contribution in [2.45, 2.75) is 19.5 Å². The van der Waals surface area contributed by atoms with E-state index >= 15 is 0 Å². The Morgan fingerprint density at radius 2 is 2.06 bits per heavy atom. The number of aryl methyl sites for hydroxylation is 1. The lowest BCUT2D eigenvalue weighted by Gasteiger charge is -2.05. The number of aromatic nitrogens is 4. The number of hydrogen-bond donors (Lipinski definition) is 1. The normalized spacial score (nSPS) is 11.8. The minimum Gasteiger partial charge on any atom is -0.384 e. The number of nitrogens with zero attached hydrogens (tertiary/aromatic N) is 4. The topological polar surface area (TPSA) is 69.6 Å². The summed E-state index contributed by atoms with van der Waals surface area (Å²) in [5.74, 6) is 0.866. The predicted octanol–water partition coefficient (Wildman–Crippen LogP) is 1.83. The molecule has 0 fully saturated rings. The van der Waals surface area contributed by atoms with Gasteiger partial charge in [0.25, 0.3) is 0 Å². The molecule has 96 valence electrons. The molecule has 0 aliphatic heterocycles. The van der Waals surface area contributed by atoms with E-state index in [-0.39, 0.29) is 11.6 Å². The minimum atomic E-state index is -4.47. The molecule has 0 amide bonds. The lowest BCUT2D eigenvalue weighted by molar-refractivity contribution is -0.141. The fraction of sp³-hybridized carbons (Fsp3) is 0.300. The maximum atomic E-state index is 12.4. The van der Waals surface area contributed by atoms with Crippen LogP contribution in [0.2, 0.25) is 0 Å². The summed E-state index contributed by atoms with van der Waals surface area (Å²) in [5.41, 5.74) is 4.58. The number of anilines is 1. The molecular weight excluding hydrogens is 247 g/mol. The van der Waals surface area contributed by atoms with Crippen molar-refractivity contribution >= 4 is 5.82 Å². The van der Waals surface area contributed by atoms with Gasteiger partial charge in [0, 0.05) is 18.7 Å². The Kier molecular flexibility index (Phi) is 2.93. The Morgan fingerprint density at radius 1 is 1.33 bits per heavy atom. The molecule has 0 saturated heterocycles. The van der Waals surface area contributed by atoms with Gasteiger partial charge in [-0.2, -0.15) is 18.3 Å². The van der Waals surface area contributed by atoms with E-state index < -0.39 is 11.9 Å². The zero-order valence-corrected chi connectivity index (χ0v) is 9.44. The van der Waals surface area contributed by atoms with Crippen LogP contribution in [0.5, 0.6) is 0 Å². The van der Waals surface area contributed by atoms with Crippen LogP contribution >= 0.6 is 0 Å². The molecule has 2 rings (SSSR count). The molecule has 5 nitrogen and oxygen atoms in total. The largest absolute Gasteiger partial charge is 0.435 e. The van der Waals surface area contributed by atoms with E-state index in [4.69, 9.17) is 5.73 Å². The van der Waals surface area contributed by atoms with Gasteiger partial charge in [0.15, 0.2) is 11.5 Å². The lowest BCUT2D eigenvalue weighted by Crippen LogP contribution is -2.09. The average Bonchev–Trinajstić information content (AvgIpc) is 2.77. The summed E-state index contributed by atoms with van der Waals surface area (Å²) in [4.78, 5) is 8.00. The van der Waals surface area contributed by atoms with E-state index in [1.54, 1.807) is 0 Å². The summed E-state index contributed by atoms with van der Waals surface area (Å²) < 4.78 is 38.3. The highest BCUT2D eigenvalue weighted by Crippen LogP contribution is 2.27. The van der Waals surface area contributed by atoms with Gasteiger partial charge >= 0.3 is 6.18 Å². The van der Waals surface area contributed by atoms with E-state index in [9.17, 15) is 13.2 Å². The van der Waals surface area contributed by atoms with E-state index in [0.717, 1.165) is 10.7 Å². The van der Waals surface area contributed by atoms with Crippen LogP contribution in [-0.2, 0) is 12.6 Å². The molecule has 0 unspecified atom stereocenters. The monoisotopic (exact) mass is 257 g/mol. The molecule has 2 aromatic heterocycles. The predicted molar refractivity (Wildman–Crippen MR) is 57.9 cm³/mol. The molecule has 0 spiro atoms. The van der Waals surface area contributed by atoms with E-state index in [1.165, 1.54) is 12.3 Å². The third-order valence-electron chi connectivity index (χ3n) is 2.21. The van der Waals surface area contributed by atoms with Crippen LogP contribution in [0.4, 0.5) is 19.0 Å². The first-order chi connectivity index (χ1) is 8.40. The first-order valence-corrected chi connectivity index (χ1v) is 5.17. The van der Waals surface area contributed by atoms with Crippen molar-refractivity contribution in [2.24, 2.45) is 0 Å². The van der Waals surface area contributed by atoms with Crippen LogP contribution in [0.15, 0.2) is 18.3 Å². The van der Waals surface area contributed by atoms with Gasteiger partial charge in [-0.25, -0.2) is 14.6 Å². The van der Waals surface area contributed by atoms with E-state index in [0.29, 0.717) is 12.2 Å². The van der Waals surface area contributed by atoms with Crippen molar-refractivity contribution in [3.05, 3.63) is 29.8 Å². The minimum absolute atomic E-state index is 0.195. The van der Waals surface area contributed by atoms with E-state index in [1.807, 2.05) is 6.92 Å². The highest BCUT2D eigenvalue weighted by molar-refractivity contribution is 5.37. The van der Waals surface area contributed by atoms with Crippen molar-refractivity contribution in [1.82, 2.24) is 19.7 Å². The van der Waals surface area contributed by atoms with Gasteiger partial charge in [-0.1, -0.05) is 6.92 Å². The van der Waals surface area contributed by atoms with Crippen molar-refractivity contribution in [1.29, 1.82) is 0 Å². The summed E-state index contributed by atoms with van der Waals surface area (Å²) in [5, 5.41) is 3.41. The van der Waals surface area contributed by atoms with Crippen molar-refractivity contribution in [3.63, 3.8) is 0 Å². The fourth-order valence-corrected chi connectivity index (χ4v) is 1.38. The molecule has 0 aliphatic carbocycles. The summed E-state index contributed by atoms with van der Waals surface area (Å²) in [6.07, 6.45) is -2.76. The second-order valence-corrected chi connectivity index (χ2v) is 3.56. The molecule has 2 N–H and O–H groups in total. The lowest BCUT2D eigenvalue weighted by atomic mass is 10.4. The van der Waals surface area contributed by atoms with Crippen LogP contribution in [-0.4, -0.2) is 19.7 Å². The number of nitrogen functional groups attached to an aromatic ring is 1. The van der Waals surface area contributed by atoms with Crippen LogP contribution in [0.25, 0.3) is 5.82 Å². The van der Waals surface area contributed by atoms with Crippen LogP contribution in [0.1, 0.15) is 18.4 Å². The molecule has 0 bridgehead atoms. The number of halogens is 3. The Hall–Kier alpha value is -2.12. The average molecular weight is 257 g/mol. The molecular formula is C10H10F3N5. The number of alkyl halides is 3. The first-order valence-electron chi connectivity index (χ1n) is 5.17. The Bertz CT molecular complexity index is 561. The SMILES string of the molecule is CCc1nc(N)cc(-n2ccc(C(F)(F)F)n2)n1. The number of hydrogen-bond acceptors (Lipinski definition) is 4. The van der Waals surface area contributed by atoms with Gasteiger partial charge in [0.1, 0.15) is 11.6 Å². The summed E-state index contributed by atoms with van der Waals surface area (Å²) in [6.45, 7) is 1.82. The van der Waals surface area contributed by atoms with Gasteiger partial charge in [-0.15, -0.1) is 0 Å². The Morgan fingerprint density at radius 3 is 2.61 bits per heavy atom. The van der Waals surface area contributed by atoms with E-state index in [2.05, 4.69) is 15.1 Å². The molecule has 0 aromatic carbocycles. The third kappa shape index (κ3) is 2.41. The maximum Gasteiger partial charge on any atom is 0.435 e. The van der Waals surface area contributed by atoms with Crippen LogP contribution in [0, 0.1) is 0 Å². The van der Waals surface area contributed by atoms with Gasteiger partial charge in [-0.05, 0) is 6.07 Å². The summed E-state index contributed by atoms with van der Waals surface area (Å²) in [6, 6.07) is 2.25.